The zero-order valence-electron chi connectivity index (χ0n) is 11.5. The standard InChI is InChI=1S/C16H15BrClNO2/c1-21-10-12-4-2-3-11(5-12)9-19-16(20)13-6-14(17)8-15(18)7-13/h2-8H,9-10H2,1H3,(H,19,20). The van der Waals surface area contributed by atoms with Crippen LogP contribution >= 0.6 is 27.5 Å². The molecule has 0 aliphatic heterocycles. The molecule has 3 nitrogen and oxygen atoms in total. The lowest BCUT2D eigenvalue weighted by molar-refractivity contribution is 0.0951. The highest BCUT2D eigenvalue weighted by Crippen LogP contribution is 2.19. The molecule has 5 heteroatoms. The van der Waals surface area contributed by atoms with Crippen LogP contribution in [0.3, 0.4) is 0 Å². The molecule has 2 aromatic rings. The Balaban J connectivity index is 2.02. The second kappa shape index (κ2) is 7.59. The molecule has 1 N–H and O–H groups in total. The number of amides is 1. The van der Waals surface area contributed by atoms with Gasteiger partial charge in [-0.25, -0.2) is 0 Å². The number of benzene rings is 2. The van der Waals surface area contributed by atoms with Crippen LogP contribution < -0.4 is 5.32 Å². The van der Waals surface area contributed by atoms with Gasteiger partial charge in [0.2, 0.25) is 0 Å². The van der Waals surface area contributed by atoms with Gasteiger partial charge in [0.25, 0.3) is 5.91 Å². The molecule has 0 atom stereocenters. The van der Waals surface area contributed by atoms with E-state index in [1.807, 2.05) is 24.3 Å². The summed E-state index contributed by atoms with van der Waals surface area (Å²) in [4.78, 5) is 12.1. The normalized spacial score (nSPS) is 10.4. The number of hydrogen-bond donors (Lipinski definition) is 1. The molecule has 0 aromatic heterocycles. The summed E-state index contributed by atoms with van der Waals surface area (Å²) in [5.41, 5.74) is 2.64. The van der Waals surface area contributed by atoms with Crippen molar-refractivity contribution in [1.82, 2.24) is 5.32 Å². The van der Waals surface area contributed by atoms with E-state index in [0.717, 1.165) is 15.6 Å². The van der Waals surface area contributed by atoms with Gasteiger partial charge in [-0.3, -0.25) is 4.79 Å². The zero-order valence-corrected chi connectivity index (χ0v) is 13.9. The minimum Gasteiger partial charge on any atom is -0.380 e. The Kier molecular flexibility index (Phi) is 5.79. The molecule has 0 saturated heterocycles. The molecule has 21 heavy (non-hydrogen) atoms. The molecule has 0 radical (unpaired) electrons. The molecule has 2 aromatic carbocycles. The smallest absolute Gasteiger partial charge is 0.251 e. The summed E-state index contributed by atoms with van der Waals surface area (Å²) in [6, 6.07) is 13.0. The van der Waals surface area contributed by atoms with Crippen molar-refractivity contribution in [3.63, 3.8) is 0 Å². The highest BCUT2D eigenvalue weighted by atomic mass is 79.9. The van der Waals surface area contributed by atoms with E-state index in [9.17, 15) is 4.79 Å². The summed E-state index contributed by atoms with van der Waals surface area (Å²) < 4.78 is 5.88. The first-order chi connectivity index (χ1) is 10.1. The van der Waals surface area contributed by atoms with Gasteiger partial charge in [0.05, 0.1) is 6.61 Å². The van der Waals surface area contributed by atoms with Gasteiger partial charge in [-0.15, -0.1) is 0 Å². The van der Waals surface area contributed by atoms with E-state index in [1.165, 1.54) is 0 Å². The summed E-state index contributed by atoms with van der Waals surface area (Å²) in [7, 11) is 1.66. The third-order valence-electron chi connectivity index (χ3n) is 2.88. The molecule has 0 unspecified atom stereocenters. The number of carbonyl (C=O) groups excluding carboxylic acids is 1. The van der Waals surface area contributed by atoms with Crippen molar-refractivity contribution in [2.24, 2.45) is 0 Å². The molecular weight excluding hydrogens is 354 g/mol. The van der Waals surface area contributed by atoms with E-state index in [-0.39, 0.29) is 5.91 Å². The second-order valence-corrected chi connectivity index (χ2v) is 5.95. The molecule has 2 rings (SSSR count). The summed E-state index contributed by atoms with van der Waals surface area (Å²) in [5, 5.41) is 3.40. The molecule has 1 amide bonds. The van der Waals surface area contributed by atoms with Crippen LogP contribution in [0.2, 0.25) is 5.02 Å². The molecule has 0 heterocycles. The van der Waals surface area contributed by atoms with Gasteiger partial charge in [-0.1, -0.05) is 51.8 Å². The predicted octanol–water partition coefficient (Wildman–Crippen LogP) is 4.18. The Morgan fingerprint density at radius 1 is 1.24 bits per heavy atom. The number of ether oxygens (including phenoxy) is 1. The van der Waals surface area contributed by atoms with Crippen LogP contribution in [0.5, 0.6) is 0 Å². The maximum Gasteiger partial charge on any atom is 0.251 e. The van der Waals surface area contributed by atoms with Gasteiger partial charge in [-0.05, 0) is 29.3 Å². The minimum atomic E-state index is -0.157. The third kappa shape index (κ3) is 4.84. The Bertz CT molecular complexity index is 626. The van der Waals surface area contributed by atoms with Crippen LogP contribution in [0, 0.1) is 0 Å². The van der Waals surface area contributed by atoms with E-state index in [2.05, 4.69) is 21.2 Å². The van der Waals surface area contributed by atoms with E-state index in [0.29, 0.717) is 23.7 Å². The third-order valence-corrected chi connectivity index (χ3v) is 3.56. The van der Waals surface area contributed by atoms with Crippen molar-refractivity contribution < 1.29 is 9.53 Å². The maximum atomic E-state index is 12.1. The Morgan fingerprint density at radius 2 is 2.00 bits per heavy atom. The average Bonchev–Trinajstić information content (AvgIpc) is 2.44. The lowest BCUT2D eigenvalue weighted by Crippen LogP contribution is -2.22. The maximum absolute atomic E-state index is 12.1. The first-order valence-electron chi connectivity index (χ1n) is 6.39. The number of halogens is 2. The number of hydrogen-bond acceptors (Lipinski definition) is 2. The summed E-state index contributed by atoms with van der Waals surface area (Å²) in [6.07, 6.45) is 0. The lowest BCUT2D eigenvalue weighted by Gasteiger charge is -2.08. The van der Waals surface area contributed by atoms with Crippen LogP contribution in [0.25, 0.3) is 0 Å². The van der Waals surface area contributed by atoms with Gasteiger partial charge >= 0.3 is 0 Å². The molecule has 0 aliphatic carbocycles. The molecule has 0 aliphatic rings. The fraction of sp³-hybridized carbons (Fsp3) is 0.188. The number of rotatable bonds is 5. The van der Waals surface area contributed by atoms with Crippen LogP contribution in [-0.2, 0) is 17.9 Å². The Morgan fingerprint density at radius 3 is 2.71 bits per heavy atom. The average molecular weight is 369 g/mol. The number of carbonyl (C=O) groups is 1. The number of nitrogens with one attached hydrogen (secondary N) is 1. The van der Waals surface area contributed by atoms with Crippen molar-refractivity contribution in [2.75, 3.05) is 7.11 Å². The summed E-state index contributed by atoms with van der Waals surface area (Å²) in [5.74, 6) is -0.157. The van der Waals surface area contributed by atoms with E-state index < -0.39 is 0 Å². The lowest BCUT2D eigenvalue weighted by atomic mass is 10.1. The van der Waals surface area contributed by atoms with Crippen molar-refractivity contribution >= 4 is 33.4 Å². The largest absolute Gasteiger partial charge is 0.380 e. The molecule has 0 bridgehead atoms. The van der Waals surface area contributed by atoms with Crippen LogP contribution in [-0.4, -0.2) is 13.0 Å². The molecule has 0 saturated carbocycles. The Hall–Kier alpha value is -1.36. The topological polar surface area (TPSA) is 38.3 Å². The van der Waals surface area contributed by atoms with E-state index in [4.69, 9.17) is 16.3 Å². The zero-order chi connectivity index (χ0) is 15.2. The van der Waals surface area contributed by atoms with Gasteiger partial charge in [-0.2, -0.15) is 0 Å². The summed E-state index contributed by atoms with van der Waals surface area (Å²) >= 11 is 9.27. The highest BCUT2D eigenvalue weighted by Gasteiger charge is 2.07. The van der Waals surface area contributed by atoms with Crippen molar-refractivity contribution in [3.8, 4) is 0 Å². The van der Waals surface area contributed by atoms with Crippen molar-refractivity contribution in [3.05, 3.63) is 68.7 Å². The van der Waals surface area contributed by atoms with Crippen molar-refractivity contribution in [1.29, 1.82) is 0 Å². The van der Waals surface area contributed by atoms with E-state index >= 15 is 0 Å². The van der Waals surface area contributed by atoms with E-state index in [1.54, 1.807) is 25.3 Å². The monoisotopic (exact) mass is 367 g/mol. The fourth-order valence-electron chi connectivity index (χ4n) is 1.97. The molecule has 0 fully saturated rings. The summed E-state index contributed by atoms with van der Waals surface area (Å²) in [6.45, 7) is 1.02. The van der Waals surface area contributed by atoms with Crippen LogP contribution in [0.1, 0.15) is 21.5 Å². The Labute approximate surface area is 137 Å². The molecular formula is C16H15BrClNO2. The predicted molar refractivity (Wildman–Crippen MR) is 87.5 cm³/mol. The van der Waals surface area contributed by atoms with Crippen molar-refractivity contribution in [2.45, 2.75) is 13.2 Å². The quantitative estimate of drug-likeness (QED) is 0.860. The molecule has 0 spiro atoms. The van der Waals surface area contributed by atoms with Gasteiger partial charge < -0.3 is 10.1 Å². The second-order valence-electron chi connectivity index (χ2n) is 4.59. The molecule has 110 valence electrons. The first-order valence-corrected chi connectivity index (χ1v) is 7.56. The van der Waals surface area contributed by atoms with Gasteiger partial charge in [0.1, 0.15) is 0 Å². The van der Waals surface area contributed by atoms with Crippen LogP contribution in [0.4, 0.5) is 0 Å². The SMILES string of the molecule is COCc1cccc(CNC(=O)c2cc(Cl)cc(Br)c2)c1. The first kappa shape index (κ1) is 16.0. The number of methoxy groups -OCH3 is 1. The van der Waals surface area contributed by atoms with Gasteiger partial charge in [0, 0.05) is 28.7 Å². The minimum absolute atomic E-state index is 0.157. The van der Waals surface area contributed by atoms with Gasteiger partial charge in [0.15, 0.2) is 0 Å². The van der Waals surface area contributed by atoms with Crippen LogP contribution in [0.15, 0.2) is 46.9 Å². The fourth-order valence-corrected chi connectivity index (χ4v) is 2.83. The highest BCUT2D eigenvalue weighted by molar-refractivity contribution is 9.10.